The molecule has 2 heterocycles. The fourth-order valence-electron chi connectivity index (χ4n) is 1.79. The first-order chi connectivity index (χ1) is 8.22. The van der Waals surface area contributed by atoms with Crippen LogP contribution >= 0.6 is 0 Å². The Balaban J connectivity index is 2.16. The van der Waals surface area contributed by atoms with Crippen LogP contribution in [0.5, 0.6) is 0 Å². The molecule has 0 atom stereocenters. The van der Waals surface area contributed by atoms with Gasteiger partial charge in [0.1, 0.15) is 0 Å². The molecular formula is C12H19N5. The first-order valence-corrected chi connectivity index (χ1v) is 6.06. The summed E-state index contributed by atoms with van der Waals surface area (Å²) < 4.78 is 4.03. The van der Waals surface area contributed by atoms with Crippen molar-refractivity contribution in [3.8, 4) is 0 Å². The van der Waals surface area contributed by atoms with Gasteiger partial charge in [-0.05, 0) is 20.3 Å². The van der Waals surface area contributed by atoms with Crippen LogP contribution in [0.3, 0.4) is 0 Å². The van der Waals surface area contributed by atoms with E-state index in [1.807, 2.05) is 24.0 Å². The van der Waals surface area contributed by atoms with Crippen molar-refractivity contribution in [2.75, 3.05) is 5.32 Å². The van der Waals surface area contributed by atoms with Crippen LogP contribution < -0.4 is 5.32 Å². The van der Waals surface area contributed by atoms with E-state index in [4.69, 9.17) is 0 Å². The Bertz CT molecular complexity index is 483. The minimum atomic E-state index is 0.879. The predicted octanol–water partition coefficient (Wildman–Crippen LogP) is 2.56. The molecule has 0 unspecified atom stereocenters. The number of imidazole rings is 1. The standard InChI is InChI=1S/C12H19N5/c1-4-6-16-8-10(3)14-12(16)15-11-7-13-17(5-2)9-11/h7-9H,4-6H2,1-3H3,(H,14,15). The third-order valence-electron chi connectivity index (χ3n) is 2.57. The van der Waals surface area contributed by atoms with Gasteiger partial charge in [0.2, 0.25) is 5.95 Å². The number of hydrogen-bond acceptors (Lipinski definition) is 3. The van der Waals surface area contributed by atoms with E-state index in [0.29, 0.717) is 0 Å². The molecule has 0 spiro atoms. The molecule has 5 nitrogen and oxygen atoms in total. The Morgan fingerprint density at radius 1 is 1.29 bits per heavy atom. The molecule has 2 aromatic heterocycles. The lowest BCUT2D eigenvalue weighted by Gasteiger charge is -2.06. The Labute approximate surface area is 101 Å². The minimum Gasteiger partial charge on any atom is -0.323 e. The zero-order chi connectivity index (χ0) is 12.3. The summed E-state index contributed by atoms with van der Waals surface area (Å²) in [7, 11) is 0. The molecule has 0 fully saturated rings. The van der Waals surface area contributed by atoms with Gasteiger partial charge in [-0.15, -0.1) is 0 Å². The summed E-state index contributed by atoms with van der Waals surface area (Å²) >= 11 is 0. The largest absolute Gasteiger partial charge is 0.323 e. The molecule has 0 aromatic carbocycles. The van der Waals surface area contributed by atoms with Crippen molar-refractivity contribution in [3.05, 3.63) is 24.3 Å². The smallest absolute Gasteiger partial charge is 0.207 e. The highest BCUT2D eigenvalue weighted by molar-refractivity contribution is 5.51. The molecule has 0 saturated carbocycles. The zero-order valence-corrected chi connectivity index (χ0v) is 10.6. The molecule has 0 aliphatic heterocycles. The second kappa shape index (κ2) is 5.03. The number of hydrogen-bond donors (Lipinski definition) is 1. The molecular weight excluding hydrogens is 214 g/mol. The maximum absolute atomic E-state index is 4.47. The second-order valence-corrected chi connectivity index (χ2v) is 4.11. The summed E-state index contributed by atoms with van der Waals surface area (Å²) in [5, 5.41) is 7.53. The first kappa shape index (κ1) is 11.7. The Kier molecular flexibility index (Phi) is 3.46. The average Bonchev–Trinajstić information content (AvgIpc) is 2.87. The summed E-state index contributed by atoms with van der Waals surface area (Å²) in [5.74, 6) is 0.889. The van der Waals surface area contributed by atoms with E-state index in [9.17, 15) is 0 Å². The van der Waals surface area contributed by atoms with Crippen molar-refractivity contribution < 1.29 is 0 Å². The van der Waals surface area contributed by atoms with Crippen LogP contribution in [0.4, 0.5) is 11.6 Å². The van der Waals surface area contributed by atoms with E-state index in [1.54, 1.807) is 0 Å². The molecule has 0 radical (unpaired) electrons. The summed E-state index contributed by atoms with van der Waals surface area (Å²) in [6.45, 7) is 8.09. The lowest BCUT2D eigenvalue weighted by molar-refractivity contribution is 0.660. The van der Waals surface area contributed by atoms with Gasteiger partial charge >= 0.3 is 0 Å². The third kappa shape index (κ3) is 2.67. The summed E-state index contributed by atoms with van der Waals surface area (Å²) in [6, 6.07) is 0. The molecule has 2 aromatic rings. The molecule has 92 valence electrons. The molecule has 0 amide bonds. The molecule has 17 heavy (non-hydrogen) atoms. The topological polar surface area (TPSA) is 47.7 Å². The monoisotopic (exact) mass is 233 g/mol. The van der Waals surface area contributed by atoms with Crippen molar-refractivity contribution >= 4 is 11.6 Å². The van der Waals surface area contributed by atoms with Gasteiger partial charge in [0, 0.05) is 25.5 Å². The normalized spacial score (nSPS) is 10.8. The van der Waals surface area contributed by atoms with Crippen LogP contribution in [0.25, 0.3) is 0 Å². The zero-order valence-electron chi connectivity index (χ0n) is 10.6. The van der Waals surface area contributed by atoms with Crippen molar-refractivity contribution in [1.29, 1.82) is 0 Å². The van der Waals surface area contributed by atoms with Gasteiger partial charge in [0.15, 0.2) is 0 Å². The molecule has 0 saturated heterocycles. The number of aromatic nitrogens is 4. The van der Waals surface area contributed by atoms with Crippen LogP contribution in [0.2, 0.25) is 0 Å². The lowest BCUT2D eigenvalue weighted by atomic mass is 10.5. The van der Waals surface area contributed by atoms with Gasteiger partial charge < -0.3 is 9.88 Å². The molecule has 0 bridgehead atoms. The van der Waals surface area contributed by atoms with Gasteiger partial charge in [-0.1, -0.05) is 6.92 Å². The van der Waals surface area contributed by atoms with E-state index in [1.165, 1.54) is 0 Å². The van der Waals surface area contributed by atoms with E-state index in [2.05, 4.69) is 40.0 Å². The predicted molar refractivity (Wildman–Crippen MR) is 68.4 cm³/mol. The van der Waals surface area contributed by atoms with E-state index >= 15 is 0 Å². The van der Waals surface area contributed by atoms with Crippen molar-refractivity contribution in [2.45, 2.75) is 40.3 Å². The van der Waals surface area contributed by atoms with Crippen LogP contribution in [-0.2, 0) is 13.1 Å². The molecule has 1 N–H and O–H groups in total. The first-order valence-electron chi connectivity index (χ1n) is 6.06. The maximum atomic E-state index is 4.47. The fraction of sp³-hybridized carbons (Fsp3) is 0.500. The van der Waals surface area contributed by atoms with Crippen LogP contribution in [-0.4, -0.2) is 19.3 Å². The van der Waals surface area contributed by atoms with E-state index in [0.717, 1.165) is 36.8 Å². The summed E-state index contributed by atoms with van der Waals surface area (Å²) in [5.41, 5.74) is 2.01. The number of nitrogens with zero attached hydrogens (tertiary/aromatic N) is 4. The fourth-order valence-corrected chi connectivity index (χ4v) is 1.79. The van der Waals surface area contributed by atoms with Crippen molar-refractivity contribution in [2.24, 2.45) is 0 Å². The van der Waals surface area contributed by atoms with Gasteiger partial charge in [0.25, 0.3) is 0 Å². The summed E-state index contributed by atoms with van der Waals surface area (Å²) in [4.78, 5) is 4.47. The highest BCUT2D eigenvalue weighted by atomic mass is 15.3. The Morgan fingerprint density at radius 3 is 2.76 bits per heavy atom. The van der Waals surface area contributed by atoms with E-state index in [-0.39, 0.29) is 0 Å². The van der Waals surface area contributed by atoms with E-state index < -0.39 is 0 Å². The van der Waals surface area contributed by atoms with Crippen LogP contribution in [0, 0.1) is 6.92 Å². The molecule has 0 aliphatic rings. The van der Waals surface area contributed by atoms with Crippen LogP contribution in [0.15, 0.2) is 18.6 Å². The van der Waals surface area contributed by atoms with Gasteiger partial charge in [-0.3, -0.25) is 4.68 Å². The molecule has 0 aliphatic carbocycles. The minimum absolute atomic E-state index is 0.879. The molecule has 5 heteroatoms. The summed E-state index contributed by atoms with van der Waals surface area (Å²) in [6.07, 6.45) is 6.97. The van der Waals surface area contributed by atoms with Crippen molar-refractivity contribution in [3.63, 3.8) is 0 Å². The Hall–Kier alpha value is -1.78. The molecule has 2 rings (SSSR count). The number of nitrogens with one attached hydrogen (secondary N) is 1. The number of rotatable bonds is 5. The highest BCUT2D eigenvalue weighted by Crippen LogP contribution is 2.16. The highest BCUT2D eigenvalue weighted by Gasteiger charge is 2.06. The van der Waals surface area contributed by atoms with Gasteiger partial charge in [-0.2, -0.15) is 5.10 Å². The van der Waals surface area contributed by atoms with Crippen LogP contribution in [0.1, 0.15) is 26.0 Å². The Morgan fingerprint density at radius 2 is 2.12 bits per heavy atom. The quantitative estimate of drug-likeness (QED) is 0.863. The van der Waals surface area contributed by atoms with Gasteiger partial charge in [-0.25, -0.2) is 4.98 Å². The van der Waals surface area contributed by atoms with Crippen molar-refractivity contribution in [1.82, 2.24) is 19.3 Å². The lowest BCUT2D eigenvalue weighted by Crippen LogP contribution is -2.02. The number of anilines is 2. The second-order valence-electron chi connectivity index (χ2n) is 4.11. The number of aryl methyl sites for hydroxylation is 3. The van der Waals surface area contributed by atoms with Gasteiger partial charge in [0.05, 0.1) is 17.6 Å². The SMILES string of the molecule is CCCn1cc(C)nc1Nc1cnn(CC)c1. The third-order valence-corrected chi connectivity index (χ3v) is 2.57. The maximum Gasteiger partial charge on any atom is 0.207 e. The average molecular weight is 233 g/mol.